The minimum absolute atomic E-state index is 0.145. The Labute approximate surface area is 308 Å². The van der Waals surface area contributed by atoms with Crippen molar-refractivity contribution in [1.29, 1.82) is 0 Å². The Morgan fingerprint density at radius 3 is 1.83 bits per heavy atom. The Balaban J connectivity index is 0.00000301. The van der Waals surface area contributed by atoms with Gasteiger partial charge in [0.15, 0.2) is 0 Å². The number of nitrogens with one attached hydrogen (secondary N) is 4. The van der Waals surface area contributed by atoms with Crippen LogP contribution in [0.25, 0.3) is 0 Å². The second-order valence-corrected chi connectivity index (χ2v) is 14.9. The Morgan fingerprint density at radius 2 is 1.25 bits per heavy atom. The van der Waals surface area contributed by atoms with Crippen LogP contribution in [0.4, 0.5) is 0 Å². The molecule has 15 nitrogen and oxygen atoms in total. The van der Waals surface area contributed by atoms with E-state index in [0.717, 1.165) is 25.7 Å². The molecular weight excluding hydrogens is 672 g/mol. The van der Waals surface area contributed by atoms with Crippen LogP contribution in [0.15, 0.2) is 0 Å². The number of carbonyl (C=O) groups excluding carboxylic acids is 8. The van der Waals surface area contributed by atoms with Gasteiger partial charge in [0.2, 0.25) is 35.4 Å². The fourth-order valence-electron chi connectivity index (χ4n) is 7.49. The highest BCUT2D eigenvalue weighted by Crippen LogP contribution is 2.31. The van der Waals surface area contributed by atoms with Crippen LogP contribution in [0.5, 0.6) is 0 Å². The van der Waals surface area contributed by atoms with Crippen molar-refractivity contribution in [3.05, 3.63) is 0 Å². The monoisotopic (exact) mass is 734 g/mol. The highest BCUT2D eigenvalue weighted by atomic mass is 16.3. The van der Waals surface area contributed by atoms with E-state index in [0.29, 0.717) is 57.7 Å². The number of rotatable bonds is 15. The summed E-state index contributed by atoms with van der Waals surface area (Å²) in [6, 6.07) is -4.54. The van der Waals surface area contributed by atoms with E-state index in [2.05, 4.69) is 28.2 Å². The van der Waals surface area contributed by atoms with Gasteiger partial charge in [-0.25, -0.2) is 0 Å². The Morgan fingerprint density at radius 1 is 0.712 bits per heavy atom. The molecule has 52 heavy (non-hydrogen) atoms. The molecule has 0 aromatic heterocycles. The summed E-state index contributed by atoms with van der Waals surface area (Å²) in [4.78, 5) is 99.3. The van der Waals surface area contributed by atoms with Gasteiger partial charge in [0.1, 0.15) is 30.2 Å². The molecule has 1 saturated carbocycles. The first-order valence-corrected chi connectivity index (χ1v) is 19.1. The summed E-state index contributed by atoms with van der Waals surface area (Å²) >= 11 is 0. The summed E-state index contributed by atoms with van der Waals surface area (Å²) < 4.78 is 0. The average Bonchev–Trinajstić information content (AvgIpc) is 3.62. The summed E-state index contributed by atoms with van der Waals surface area (Å²) in [6.07, 6.45) is 8.96. The average molecular weight is 735 g/mol. The largest absolute Gasteiger partial charge is 0.391 e. The number of carbonyl (C=O) groups is 6. The molecule has 5 N–H and O–H groups in total. The van der Waals surface area contributed by atoms with Gasteiger partial charge in [0, 0.05) is 26.1 Å². The van der Waals surface area contributed by atoms with Gasteiger partial charge in [0.05, 0.1) is 6.10 Å². The lowest BCUT2D eigenvalue weighted by molar-refractivity contribution is -0.191. The fraction of sp³-hybridized carbons (Fsp3) is 0.811. The van der Waals surface area contributed by atoms with E-state index < -0.39 is 59.9 Å². The van der Waals surface area contributed by atoms with E-state index in [1.54, 1.807) is 11.8 Å². The molecule has 1 unspecified atom stereocenters. The third kappa shape index (κ3) is 13.0. The maximum Gasteiger partial charge on any atom is 0.373 e. The predicted molar refractivity (Wildman–Crippen MR) is 191 cm³/mol. The quantitative estimate of drug-likeness (QED) is 0.164. The number of amides is 6. The molecule has 7 atom stereocenters. The zero-order chi connectivity index (χ0) is 39.0. The highest BCUT2D eigenvalue weighted by Gasteiger charge is 2.41. The molecule has 6 amide bonds. The lowest BCUT2D eigenvalue weighted by Gasteiger charge is -2.38. The van der Waals surface area contributed by atoms with Crippen LogP contribution < -0.4 is 21.3 Å². The number of nitrogens with zero attached hydrogens (tertiary/aromatic N) is 2. The van der Waals surface area contributed by atoms with E-state index in [1.165, 1.54) is 31.1 Å². The lowest BCUT2D eigenvalue weighted by Crippen LogP contribution is -2.61. The zero-order valence-electron chi connectivity index (χ0n) is 31.9. The van der Waals surface area contributed by atoms with E-state index in [1.807, 2.05) is 20.8 Å². The molecule has 2 heterocycles. The summed E-state index contributed by atoms with van der Waals surface area (Å²) in [5.74, 6) is -1.79. The van der Waals surface area contributed by atoms with Crippen molar-refractivity contribution in [1.82, 2.24) is 31.1 Å². The number of piperidine rings is 1. The summed E-state index contributed by atoms with van der Waals surface area (Å²) in [6.45, 7) is 11.8. The number of likely N-dealkylation sites (tertiary alicyclic amines) is 2. The first-order valence-electron chi connectivity index (χ1n) is 19.1. The molecule has 0 bridgehead atoms. The molecule has 3 rings (SSSR count). The van der Waals surface area contributed by atoms with Crippen molar-refractivity contribution in [2.45, 2.75) is 155 Å². The normalized spacial score (nSPS) is 22.0. The van der Waals surface area contributed by atoms with Gasteiger partial charge < -0.3 is 36.2 Å². The Kier molecular flexibility index (Phi) is 19.0. The van der Waals surface area contributed by atoms with Crippen molar-refractivity contribution >= 4 is 41.6 Å². The van der Waals surface area contributed by atoms with Gasteiger partial charge >= 0.3 is 6.15 Å². The van der Waals surface area contributed by atoms with E-state index in [4.69, 9.17) is 9.59 Å². The van der Waals surface area contributed by atoms with Crippen LogP contribution >= 0.6 is 0 Å². The van der Waals surface area contributed by atoms with E-state index in [-0.39, 0.29) is 29.8 Å². The van der Waals surface area contributed by atoms with Gasteiger partial charge in [-0.1, -0.05) is 59.8 Å². The summed E-state index contributed by atoms with van der Waals surface area (Å²) in [5.41, 5.74) is 0. The molecule has 294 valence electrons. The van der Waals surface area contributed by atoms with Crippen molar-refractivity contribution in [2.24, 2.45) is 17.8 Å². The van der Waals surface area contributed by atoms with Crippen LogP contribution in [-0.4, -0.2) is 112 Å². The van der Waals surface area contributed by atoms with E-state index >= 15 is 0 Å². The number of hydrogen-bond acceptors (Lipinski definition) is 9. The SMILES string of the molecule is CCCNC(=O)[C@@H](NC(=O)[C@@H]1CCCN1C(=O)[C@H](C)NC(=O)[C@@H]1CCCCN1C(=O)[C@@H](NC(=O)C[C@H](C)C1CCCCC1)C(C)C)C(C)O.O=C=O. The van der Waals surface area contributed by atoms with Gasteiger partial charge in [-0.05, 0) is 70.1 Å². The standard InChI is InChI=1S/C36H62N6O7.CO2/c1-7-18-37-34(47)31(25(6)43)40-33(46)28-17-13-20-41(28)35(48)24(5)38-32(45)27-16-11-12-19-42(27)36(49)30(22(2)3)39-29(44)21-23(4)26-14-9-8-10-15-26;2-1-3/h22-28,30-31,43H,7-21H2,1-6H3,(H,37,47)(H,38,45)(H,39,44)(H,40,46);/t23-,24-,25?,27-,28-,30-,31-;/m0./s1. The minimum atomic E-state index is -1.16. The van der Waals surface area contributed by atoms with E-state index in [9.17, 15) is 33.9 Å². The van der Waals surface area contributed by atoms with Crippen molar-refractivity contribution < 1.29 is 43.5 Å². The molecule has 0 radical (unpaired) electrons. The van der Waals surface area contributed by atoms with Crippen LogP contribution in [0.2, 0.25) is 0 Å². The molecule has 1 aliphatic carbocycles. The summed E-state index contributed by atoms with van der Waals surface area (Å²) in [5, 5.41) is 21.2. The predicted octanol–water partition coefficient (Wildman–Crippen LogP) is 1.42. The Hall–Kier alpha value is -3.84. The van der Waals surface area contributed by atoms with Crippen LogP contribution in [0.1, 0.15) is 119 Å². The van der Waals surface area contributed by atoms with Crippen LogP contribution in [0.3, 0.4) is 0 Å². The van der Waals surface area contributed by atoms with Crippen molar-refractivity contribution in [3.63, 3.8) is 0 Å². The van der Waals surface area contributed by atoms with Gasteiger partial charge in [0.25, 0.3) is 0 Å². The molecule has 3 fully saturated rings. The first-order chi connectivity index (χ1) is 24.7. The summed E-state index contributed by atoms with van der Waals surface area (Å²) in [7, 11) is 0. The van der Waals surface area contributed by atoms with Gasteiger partial charge in [-0.15, -0.1) is 0 Å². The number of aliphatic hydroxyl groups is 1. The zero-order valence-corrected chi connectivity index (χ0v) is 31.9. The third-order valence-electron chi connectivity index (χ3n) is 10.5. The maximum atomic E-state index is 13.9. The molecular formula is C37H62N6O9. The molecule has 0 aromatic carbocycles. The van der Waals surface area contributed by atoms with Gasteiger partial charge in [-0.2, -0.15) is 9.59 Å². The highest BCUT2D eigenvalue weighted by molar-refractivity contribution is 5.96. The Bertz CT molecular complexity index is 1250. The molecule has 3 aliphatic rings. The number of hydrogen-bond donors (Lipinski definition) is 5. The maximum absolute atomic E-state index is 13.9. The smallest absolute Gasteiger partial charge is 0.373 e. The molecule has 2 saturated heterocycles. The molecule has 15 heteroatoms. The van der Waals surface area contributed by atoms with Crippen molar-refractivity contribution in [2.75, 3.05) is 19.6 Å². The minimum Gasteiger partial charge on any atom is -0.391 e. The van der Waals surface area contributed by atoms with Crippen LogP contribution in [0, 0.1) is 17.8 Å². The second-order valence-electron chi connectivity index (χ2n) is 14.9. The van der Waals surface area contributed by atoms with Gasteiger partial charge in [-0.3, -0.25) is 28.8 Å². The van der Waals surface area contributed by atoms with Crippen LogP contribution in [-0.2, 0) is 38.4 Å². The lowest BCUT2D eigenvalue weighted by atomic mass is 9.79. The fourth-order valence-corrected chi connectivity index (χ4v) is 7.49. The molecule has 2 aliphatic heterocycles. The topological polar surface area (TPSA) is 211 Å². The first kappa shape index (κ1) is 44.3. The second kappa shape index (κ2) is 22.3. The number of aliphatic hydroxyl groups excluding tert-OH is 1. The molecule has 0 spiro atoms. The van der Waals surface area contributed by atoms with Crippen molar-refractivity contribution in [3.8, 4) is 0 Å². The third-order valence-corrected chi connectivity index (χ3v) is 10.5. The molecule has 0 aromatic rings.